The Bertz CT molecular complexity index is 466. The van der Waals surface area contributed by atoms with Crippen LogP contribution in [0.1, 0.15) is 18.9 Å². The molecular weight excluding hydrogens is 257 g/mol. The quantitative estimate of drug-likeness (QED) is 0.919. The molecule has 18 heavy (non-hydrogen) atoms. The average Bonchev–Trinajstić information content (AvgIpc) is 2.66. The van der Waals surface area contributed by atoms with E-state index in [1.807, 2.05) is 6.92 Å². The van der Waals surface area contributed by atoms with Gasteiger partial charge in [0.05, 0.1) is 10.9 Å². The molecule has 1 fully saturated rings. The van der Waals surface area contributed by atoms with Crippen molar-refractivity contribution in [2.75, 3.05) is 6.54 Å². The Morgan fingerprint density at radius 1 is 1.61 bits per heavy atom. The molecule has 1 aliphatic heterocycles. The number of rotatable bonds is 3. The van der Waals surface area contributed by atoms with Crippen LogP contribution in [0.5, 0.6) is 0 Å². The number of halogens is 2. The van der Waals surface area contributed by atoms with Crippen LogP contribution in [-0.4, -0.2) is 28.6 Å². The second-order valence-corrected chi connectivity index (χ2v) is 5.10. The number of benzene rings is 1. The number of likely N-dealkylation sites (tertiary alicyclic amines) is 1. The van der Waals surface area contributed by atoms with Gasteiger partial charge < -0.3 is 5.11 Å². The van der Waals surface area contributed by atoms with Gasteiger partial charge in [-0.05, 0) is 37.6 Å². The molecule has 1 N–H and O–H groups in total. The Morgan fingerprint density at radius 2 is 2.33 bits per heavy atom. The average molecular weight is 272 g/mol. The first-order valence-electron chi connectivity index (χ1n) is 5.90. The maximum atomic E-state index is 13.0. The minimum absolute atomic E-state index is 0.00803. The smallest absolute Gasteiger partial charge is 0.308 e. The fourth-order valence-corrected chi connectivity index (χ4v) is 2.63. The van der Waals surface area contributed by atoms with Crippen molar-refractivity contribution in [3.63, 3.8) is 0 Å². The van der Waals surface area contributed by atoms with Crippen molar-refractivity contribution < 1.29 is 14.3 Å². The molecule has 0 aliphatic carbocycles. The summed E-state index contributed by atoms with van der Waals surface area (Å²) in [6.45, 7) is 3.26. The van der Waals surface area contributed by atoms with E-state index in [9.17, 15) is 9.18 Å². The maximum absolute atomic E-state index is 13.0. The SMILES string of the molecule is CC1C(C(=O)O)CCN1Cc1ccc(F)c(Cl)c1. The summed E-state index contributed by atoms with van der Waals surface area (Å²) in [7, 11) is 0. The second-order valence-electron chi connectivity index (χ2n) is 4.69. The van der Waals surface area contributed by atoms with Crippen LogP contribution in [0.2, 0.25) is 5.02 Å². The predicted molar refractivity (Wildman–Crippen MR) is 67.0 cm³/mol. The van der Waals surface area contributed by atoms with E-state index in [1.54, 1.807) is 12.1 Å². The monoisotopic (exact) mass is 271 g/mol. The van der Waals surface area contributed by atoms with Crippen LogP contribution in [0.3, 0.4) is 0 Å². The summed E-state index contributed by atoms with van der Waals surface area (Å²) in [5.74, 6) is -1.50. The molecule has 98 valence electrons. The number of carboxylic acid groups (broad SMARTS) is 1. The van der Waals surface area contributed by atoms with Crippen molar-refractivity contribution in [2.24, 2.45) is 5.92 Å². The highest BCUT2D eigenvalue weighted by Gasteiger charge is 2.35. The third-order valence-electron chi connectivity index (χ3n) is 3.57. The molecule has 1 saturated heterocycles. The molecule has 2 rings (SSSR count). The molecule has 0 bridgehead atoms. The van der Waals surface area contributed by atoms with Crippen LogP contribution in [0.25, 0.3) is 0 Å². The number of nitrogens with zero attached hydrogens (tertiary/aromatic N) is 1. The molecule has 2 unspecified atom stereocenters. The summed E-state index contributed by atoms with van der Waals surface area (Å²) in [5, 5.41) is 9.16. The molecule has 1 aromatic rings. The summed E-state index contributed by atoms with van der Waals surface area (Å²) in [6.07, 6.45) is 0.658. The van der Waals surface area contributed by atoms with E-state index in [0.29, 0.717) is 13.0 Å². The molecule has 0 radical (unpaired) electrons. The maximum Gasteiger partial charge on any atom is 0.308 e. The van der Waals surface area contributed by atoms with Gasteiger partial charge in [0.15, 0.2) is 0 Å². The summed E-state index contributed by atoms with van der Waals surface area (Å²) in [4.78, 5) is 13.1. The highest BCUT2D eigenvalue weighted by Crippen LogP contribution is 2.27. The van der Waals surface area contributed by atoms with E-state index in [1.165, 1.54) is 6.07 Å². The van der Waals surface area contributed by atoms with Crippen molar-refractivity contribution in [1.82, 2.24) is 4.90 Å². The van der Waals surface area contributed by atoms with Gasteiger partial charge in [-0.25, -0.2) is 4.39 Å². The van der Waals surface area contributed by atoms with E-state index in [-0.39, 0.29) is 17.0 Å². The Labute approximate surface area is 110 Å². The summed E-state index contributed by atoms with van der Waals surface area (Å²) in [5.41, 5.74) is 0.902. The lowest BCUT2D eigenvalue weighted by Crippen LogP contribution is -2.32. The van der Waals surface area contributed by atoms with E-state index >= 15 is 0 Å². The number of hydrogen-bond donors (Lipinski definition) is 1. The first-order valence-corrected chi connectivity index (χ1v) is 6.27. The van der Waals surface area contributed by atoms with E-state index in [4.69, 9.17) is 16.7 Å². The van der Waals surface area contributed by atoms with E-state index in [0.717, 1.165) is 12.1 Å². The second kappa shape index (κ2) is 5.24. The van der Waals surface area contributed by atoms with Gasteiger partial charge in [-0.1, -0.05) is 17.7 Å². The largest absolute Gasteiger partial charge is 0.481 e. The van der Waals surface area contributed by atoms with Gasteiger partial charge in [-0.15, -0.1) is 0 Å². The van der Waals surface area contributed by atoms with Crippen LogP contribution >= 0.6 is 11.6 Å². The fourth-order valence-electron chi connectivity index (χ4n) is 2.43. The standard InChI is InChI=1S/C13H15ClFNO2/c1-8-10(13(17)18)4-5-16(8)7-9-2-3-12(15)11(14)6-9/h2-3,6,8,10H,4-5,7H2,1H3,(H,17,18). The van der Waals surface area contributed by atoms with Crippen molar-refractivity contribution in [3.05, 3.63) is 34.6 Å². The topological polar surface area (TPSA) is 40.5 Å². The fraction of sp³-hybridized carbons (Fsp3) is 0.462. The van der Waals surface area contributed by atoms with Crippen molar-refractivity contribution >= 4 is 17.6 Å². The van der Waals surface area contributed by atoms with Crippen molar-refractivity contribution in [3.8, 4) is 0 Å². The molecule has 3 nitrogen and oxygen atoms in total. The molecule has 0 amide bonds. The van der Waals surface area contributed by atoms with Gasteiger partial charge in [0.1, 0.15) is 5.82 Å². The molecule has 1 heterocycles. The molecule has 0 saturated carbocycles. The number of hydrogen-bond acceptors (Lipinski definition) is 2. The molecule has 2 atom stereocenters. The molecule has 0 aromatic heterocycles. The first kappa shape index (κ1) is 13.3. The van der Waals surface area contributed by atoms with Gasteiger partial charge in [-0.3, -0.25) is 9.69 Å². The highest BCUT2D eigenvalue weighted by molar-refractivity contribution is 6.30. The van der Waals surface area contributed by atoms with Crippen LogP contribution in [-0.2, 0) is 11.3 Å². The molecule has 1 aromatic carbocycles. The lowest BCUT2D eigenvalue weighted by atomic mass is 10.0. The Kier molecular flexibility index (Phi) is 3.88. The van der Waals surface area contributed by atoms with Crippen LogP contribution < -0.4 is 0 Å². The van der Waals surface area contributed by atoms with Gasteiger partial charge in [0, 0.05) is 12.6 Å². The van der Waals surface area contributed by atoms with Crippen molar-refractivity contribution in [1.29, 1.82) is 0 Å². The van der Waals surface area contributed by atoms with Gasteiger partial charge in [0.25, 0.3) is 0 Å². The number of carbonyl (C=O) groups is 1. The Balaban J connectivity index is 2.06. The zero-order valence-corrected chi connectivity index (χ0v) is 10.8. The minimum atomic E-state index is -0.748. The molecule has 5 heteroatoms. The third-order valence-corrected chi connectivity index (χ3v) is 3.86. The van der Waals surface area contributed by atoms with Gasteiger partial charge in [-0.2, -0.15) is 0 Å². The van der Waals surface area contributed by atoms with E-state index in [2.05, 4.69) is 4.90 Å². The normalized spacial score (nSPS) is 24.4. The summed E-state index contributed by atoms with van der Waals surface area (Å²) in [6, 6.07) is 4.61. The Morgan fingerprint density at radius 3 is 2.89 bits per heavy atom. The third kappa shape index (κ3) is 2.65. The summed E-state index contributed by atoms with van der Waals surface area (Å²) >= 11 is 5.73. The van der Waals surface area contributed by atoms with Crippen LogP contribution in [0.4, 0.5) is 4.39 Å². The van der Waals surface area contributed by atoms with Crippen LogP contribution in [0, 0.1) is 11.7 Å². The lowest BCUT2D eigenvalue weighted by molar-refractivity contribution is -0.142. The molecular formula is C13H15ClFNO2. The molecule has 0 spiro atoms. The lowest BCUT2D eigenvalue weighted by Gasteiger charge is -2.23. The Hall–Kier alpha value is -1.13. The minimum Gasteiger partial charge on any atom is -0.481 e. The molecule has 1 aliphatic rings. The van der Waals surface area contributed by atoms with Gasteiger partial charge >= 0.3 is 5.97 Å². The number of aliphatic carboxylic acids is 1. The van der Waals surface area contributed by atoms with Gasteiger partial charge in [0.2, 0.25) is 0 Å². The van der Waals surface area contributed by atoms with Crippen molar-refractivity contribution in [2.45, 2.75) is 25.9 Å². The van der Waals surface area contributed by atoms with E-state index < -0.39 is 11.8 Å². The zero-order valence-electron chi connectivity index (χ0n) is 10.1. The highest BCUT2D eigenvalue weighted by atomic mass is 35.5. The zero-order chi connectivity index (χ0) is 13.3. The van der Waals surface area contributed by atoms with Crippen LogP contribution in [0.15, 0.2) is 18.2 Å². The summed E-state index contributed by atoms with van der Waals surface area (Å²) < 4.78 is 13.0. The number of carboxylic acids is 1. The predicted octanol–water partition coefficient (Wildman–Crippen LogP) is 2.77. The first-order chi connectivity index (χ1) is 8.49.